The standard InChI is InChI=1S/C17H24BrN3O2/c1-3-20(4-2)16(22)13-19-9-11-21(12-10-19)17(23)14-7-5-6-8-15(14)18/h5-8H,3-4,9-13H2,1-2H3. The number of hydrogen-bond donors (Lipinski definition) is 0. The SMILES string of the molecule is CCN(CC)C(=O)CN1CCN(C(=O)c2ccccc2Br)CC1. The molecular weight excluding hydrogens is 358 g/mol. The number of halogens is 1. The van der Waals surface area contributed by atoms with Crippen molar-refractivity contribution in [2.75, 3.05) is 45.8 Å². The quantitative estimate of drug-likeness (QED) is 0.783. The van der Waals surface area contributed by atoms with E-state index in [9.17, 15) is 9.59 Å². The lowest BCUT2D eigenvalue weighted by atomic mass is 10.2. The molecule has 2 amide bonds. The van der Waals surface area contributed by atoms with E-state index in [4.69, 9.17) is 0 Å². The van der Waals surface area contributed by atoms with E-state index in [0.717, 1.165) is 30.7 Å². The van der Waals surface area contributed by atoms with Gasteiger partial charge in [0.15, 0.2) is 0 Å². The van der Waals surface area contributed by atoms with Crippen molar-refractivity contribution < 1.29 is 9.59 Å². The number of benzene rings is 1. The summed E-state index contributed by atoms with van der Waals surface area (Å²) in [5.74, 6) is 0.216. The zero-order valence-electron chi connectivity index (χ0n) is 13.8. The van der Waals surface area contributed by atoms with Gasteiger partial charge in [0.05, 0.1) is 12.1 Å². The third kappa shape index (κ3) is 4.54. The zero-order chi connectivity index (χ0) is 16.8. The van der Waals surface area contributed by atoms with Gasteiger partial charge in [-0.15, -0.1) is 0 Å². The Balaban J connectivity index is 1.88. The van der Waals surface area contributed by atoms with Gasteiger partial charge in [-0.05, 0) is 41.9 Å². The molecule has 0 bridgehead atoms. The van der Waals surface area contributed by atoms with Crippen molar-refractivity contribution in [2.45, 2.75) is 13.8 Å². The van der Waals surface area contributed by atoms with Crippen LogP contribution in [0.15, 0.2) is 28.7 Å². The normalized spacial score (nSPS) is 15.5. The number of hydrogen-bond acceptors (Lipinski definition) is 3. The number of amides is 2. The van der Waals surface area contributed by atoms with E-state index in [1.807, 2.05) is 47.9 Å². The van der Waals surface area contributed by atoms with Crippen molar-refractivity contribution in [3.8, 4) is 0 Å². The summed E-state index contributed by atoms with van der Waals surface area (Å²) in [6.07, 6.45) is 0. The molecule has 1 aliphatic rings. The van der Waals surface area contributed by atoms with Crippen LogP contribution in [0.1, 0.15) is 24.2 Å². The first-order valence-corrected chi connectivity index (χ1v) is 8.90. The molecule has 0 atom stereocenters. The molecular formula is C17H24BrN3O2. The van der Waals surface area contributed by atoms with E-state index in [0.29, 0.717) is 25.2 Å². The summed E-state index contributed by atoms with van der Waals surface area (Å²) in [6, 6.07) is 7.49. The molecule has 1 aliphatic heterocycles. The van der Waals surface area contributed by atoms with Crippen molar-refractivity contribution in [1.82, 2.24) is 14.7 Å². The Hall–Kier alpha value is -1.40. The van der Waals surface area contributed by atoms with Crippen molar-refractivity contribution in [2.24, 2.45) is 0 Å². The van der Waals surface area contributed by atoms with Gasteiger partial charge in [-0.3, -0.25) is 14.5 Å². The minimum absolute atomic E-state index is 0.0483. The smallest absolute Gasteiger partial charge is 0.255 e. The lowest BCUT2D eigenvalue weighted by Crippen LogP contribution is -2.51. The first-order chi connectivity index (χ1) is 11.1. The van der Waals surface area contributed by atoms with Gasteiger partial charge in [0.25, 0.3) is 5.91 Å². The van der Waals surface area contributed by atoms with Crippen LogP contribution in [0.2, 0.25) is 0 Å². The Labute approximate surface area is 146 Å². The molecule has 0 aromatic heterocycles. The molecule has 0 unspecified atom stereocenters. The highest BCUT2D eigenvalue weighted by Gasteiger charge is 2.25. The average Bonchev–Trinajstić information content (AvgIpc) is 2.56. The van der Waals surface area contributed by atoms with Crippen LogP contribution in [0.25, 0.3) is 0 Å². The lowest BCUT2D eigenvalue weighted by molar-refractivity contribution is -0.132. The Kier molecular flexibility index (Phi) is 6.59. The van der Waals surface area contributed by atoms with Gasteiger partial charge in [0.2, 0.25) is 5.91 Å². The van der Waals surface area contributed by atoms with E-state index in [2.05, 4.69) is 20.8 Å². The van der Waals surface area contributed by atoms with Gasteiger partial charge < -0.3 is 9.80 Å². The number of likely N-dealkylation sites (N-methyl/N-ethyl adjacent to an activating group) is 1. The molecule has 0 aliphatic carbocycles. The predicted molar refractivity (Wildman–Crippen MR) is 94.4 cm³/mol. The Morgan fingerprint density at radius 2 is 1.70 bits per heavy atom. The fourth-order valence-corrected chi connectivity index (χ4v) is 3.24. The molecule has 1 fully saturated rings. The molecule has 1 aromatic carbocycles. The molecule has 0 N–H and O–H groups in total. The van der Waals surface area contributed by atoms with Crippen molar-refractivity contribution in [3.63, 3.8) is 0 Å². The van der Waals surface area contributed by atoms with Crippen molar-refractivity contribution >= 4 is 27.7 Å². The Morgan fingerprint density at radius 3 is 2.26 bits per heavy atom. The molecule has 0 saturated carbocycles. The highest BCUT2D eigenvalue weighted by molar-refractivity contribution is 9.10. The van der Waals surface area contributed by atoms with Crippen LogP contribution < -0.4 is 0 Å². The van der Waals surface area contributed by atoms with E-state index >= 15 is 0 Å². The highest BCUT2D eigenvalue weighted by atomic mass is 79.9. The highest BCUT2D eigenvalue weighted by Crippen LogP contribution is 2.18. The summed E-state index contributed by atoms with van der Waals surface area (Å²) in [4.78, 5) is 30.5. The molecule has 5 nitrogen and oxygen atoms in total. The first-order valence-electron chi connectivity index (χ1n) is 8.10. The van der Waals surface area contributed by atoms with Crippen LogP contribution in [0, 0.1) is 0 Å². The molecule has 2 rings (SSSR count). The lowest BCUT2D eigenvalue weighted by Gasteiger charge is -2.35. The minimum Gasteiger partial charge on any atom is -0.342 e. The molecule has 1 heterocycles. The summed E-state index contributed by atoms with van der Waals surface area (Å²) in [7, 11) is 0. The van der Waals surface area contributed by atoms with E-state index in [-0.39, 0.29) is 11.8 Å². The Morgan fingerprint density at radius 1 is 1.09 bits per heavy atom. The van der Waals surface area contributed by atoms with Crippen LogP contribution in [0.5, 0.6) is 0 Å². The van der Waals surface area contributed by atoms with Gasteiger partial charge in [0, 0.05) is 43.7 Å². The fourth-order valence-electron chi connectivity index (χ4n) is 2.78. The van der Waals surface area contributed by atoms with E-state index in [1.165, 1.54) is 0 Å². The summed E-state index contributed by atoms with van der Waals surface area (Å²) in [6.45, 7) is 8.72. The molecule has 23 heavy (non-hydrogen) atoms. The largest absolute Gasteiger partial charge is 0.342 e. The summed E-state index contributed by atoms with van der Waals surface area (Å²) >= 11 is 3.43. The second kappa shape index (κ2) is 8.45. The monoisotopic (exact) mass is 381 g/mol. The molecule has 1 saturated heterocycles. The summed E-state index contributed by atoms with van der Waals surface area (Å²) in [5, 5.41) is 0. The number of rotatable bonds is 5. The van der Waals surface area contributed by atoms with Crippen LogP contribution in [-0.2, 0) is 4.79 Å². The van der Waals surface area contributed by atoms with E-state index < -0.39 is 0 Å². The van der Waals surface area contributed by atoms with Crippen LogP contribution in [0.4, 0.5) is 0 Å². The number of carbonyl (C=O) groups is 2. The third-order valence-corrected chi connectivity index (χ3v) is 4.93. The summed E-state index contributed by atoms with van der Waals surface area (Å²) < 4.78 is 0.823. The van der Waals surface area contributed by atoms with E-state index in [1.54, 1.807) is 0 Å². The second-order valence-electron chi connectivity index (χ2n) is 5.61. The molecule has 0 radical (unpaired) electrons. The molecule has 1 aromatic rings. The minimum atomic E-state index is 0.0483. The predicted octanol–water partition coefficient (Wildman–Crippen LogP) is 2.08. The maximum absolute atomic E-state index is 12.6. The van der Waals surface area contributed by atoms with Crippen LogP contribution >= 0.6 is 15.9 Å². The maximum atomic E-state index is 12.6. The first kappa shape index (κ1) is 17.9. The number of piperazine rings is 1. The molecule has 0 spiro atoms. The number of carbonyl (C=O) groups excluding carboxylic acids is 2. The van der Waals surface area contributed by atoms with Gasteiger partial charge >= 0.3 is 0 Å². The van der Waals surface area contributed by atoms with Gasteiger partial charge in [-0.25, -0.2) is 0 Å². The zero-order valence-corrected chi connectivity index (χ0v) is 15.4. The topological polar surface area (TPSA) is 43.9 Å². The van der Waals surface area contributed by atoms with Crippen LogP contribution in [-0.4, -0.2) is 72.3 Å². The van der Waals surface area contributed by atoms with Gasteiger partial charge in [0.1, 0.15) is 0 Å². The average molecular weight is 382 g/mol. The maximum Gasteiger partial charge on any atom is 0.255 e. The van der Waals surface area contributed by atoms with Crippen molar-refractivity contribution in [3.05, 3.63) is 34.3 Å². The van der Waals surface area contributed by atoms with Gasteiger partial charge in [-0.2, -0.15) is 0 Å². The van der Waals surface area contributed by atoms with Crippen molar-refractivity contribution in [1.29, 1.82) is 0 Å². The fraction of sp³-hybridized carbons (Fsp3) is 0.529. The molecule has 126 valence electrons. The second-order valence-corrected chi connectivity index (χ2v) is 6.47. The van der Waals surface area contributed by atoms with Gasteiger partial charge in [-0.1, -0.05) is 12.1 Å². The Bertz CT molecular complexity index is 553. The summed E-state index contributed by atoms with van der Waals surface area (Å²) in [5.41, 5.74) is 0.695. The third-order valence-electron chi connectivity index (χ3n) is 4.24. The number of nitrogens with zero attached hydrogens (tertiary/aromatic N) is 3. The van der Waals surface area contributed by atoms with Crippen LogP contribution in [0.3, 0.4) is 0 Å². The molecule has 6 heteroatoms.